The molecule has 0 fully saturated rings. The van der Waals surface area contributed by atoms with Crippen LogP contribution in [-0.2, 0) is 0 Å². The monoisotopic (exact) mass is 486 g/mol. The van der Waals surface area contributed by atoms with E-state index < -0.39 is 11.6 Å². The summed E-state index contributed by atoms with van der Waals surface area (Å²) in [5.74, 6) is -1.91. The number of phenols is 2. The summed E-state index contributed by atoms with van der Waals surface area (Å²) in [5.41, 5.74) is 8.75. The minimum atomic E-state index is -0.523. The van der Waals surface area contributed by atoms with Crippen LogP contribution in [0.25, 0.3) is 0 Å². The third kappa shape index (κ3) is 3.91. The van der Waals surface area contributed by atoms with Crippen molar-refractivity contribution in [2.24, 2.45) is 0 Å². The molecule has 2 N–H and O–H groups in total. The standard InChI is InChI=1S/C32H32F2O2/c33-31-25(11-5-13-27(31)35)29-21(17-19-7-1-3-9-23(19)29)15-16-22-18-20-8-2-4-10-24(20)30(22)26-12-6-14-28(36)32(26)34/h5-6,11-14,17-18,29-30,35-36H,1-4,7-10,15-16H2. The Morgan fingerprint density at radius 3 is 1.47 bits per heavy atom. The summed E-state index contributed by atoms with van der Waals surface area (Å²) in [6.45, 7) is 0. The van der Waals surface area contributed by atoms with Crippen LogP contribution in [-0.4, -0.2) is 10.2 Å². The minimum absolute atomic E-state index is 0.132. The van der Waals surface area contributed by atoms with E-state index >= 15 is 8.78 Å². The van der Waals surface area contributed by atoms with Crippen LogP contribution in [0.5, 0.6) is 11.5 Å². The van der Waals surface area contributed by atoms with Crippen LogP contribution in [0.4, 0.5) is 8.78 Å². The molecule has 2 atom stereocenters. The van der Waals surface area contributed by atoms with Gasteiger partial charge in [-0.05, 0) is 87.5 Å². The highest BCUT2D eigenvalue weighted by atomic mass is 19.1. The lowest BCUT2D eigenvalue weighted by Gasteiger charge is -2.25. The van der Waals surface area contributed by atoms with Gasteiger partial charge in [-0.2, -0.15) is 0 Å². The Kier molecular flexibility index (Phi) is 6.07. The molecule has 0 radical (unpaired) electrons. The molecule has 2 aromatic rings. The maximum Gasteiger partial charge on any atom is 0.168 e. The summed E-state index contributed by atoms with van der Waals surface area (Å²) in [5, 5.41) is 20.2. The van der Waals surface area contributed by atoms with E-state index in [1.54, 1.807) is 24.3 Å². The number of benzene rings is 2. The molecule has 4 heteroatoms. The van der Waals surface area contributed by atoms with Gasteiger partial charge in [0.15, 0.2) is 23.1 Å². The maximum atomic E-state index is 15.1. The summed E-state index contributed by atoms with van der Waals surface area (Å²) in [6.07, 6.45) is 14.6. The fourth-order valence-electron chi connectivity index (χ4n) is 6.97. The summed E-state index contributed by atoms with van der Waals surface area (Å²) in [4.78, 5) is 0. The number of phenolic OH excluding ortho intramolecular Hbond substituents is 2. The zero-order valence-corrected chi connectivity index (χ0v) is 20.5. The van der Waals surface area contributed by atoms with E-state index in [9.17, 15) is 10.2 Å². The van der Waals surface area contributed by atoms with Crippen LogP contribution in [0, 0.1) is 11.6 Å². The molecule has 0 amide bonds. The minimum Gasteiger partial charge on any atom is -0.505 e. The van der Waals surface area contributed by atoms with Crippen molar-refractivity contribution < 1.29 is 19.0 Å². The second-order valence-corrected chi connectivity index (χ2v) is 10.7. The van der Waals surface area contributed by atoms with Gasteiger partial charge in [-0.1, -0.05) is 58.7 Å². The molecule has 0 saturated carbocycles. The molecule has 0 heterocycles. The van der Waals surface area contributed by atoms with Crippen molar-refractivity contribution >= 4 is 0 Å². The first-order valence-corrected chi connectivity index (χ1v) is 13.3. The summed E-state index contributed by atoms with van der Waals surface area (Å²) in [6, 6.07) is 9.87. The number of allylic oxidation sites excluding steroid dienone is 8. The van der Waals surface area contributed by atoms with Gasteiger partial charge in [0.25, 0.3) is 0 Å². The fourth-order valence-corrected chi connectivity index (χ4v) is 6.97. The average molecular weight is 487 g/mol. The van der Waals surface area contributed by atoms with Gasteiger partial charge in [-0.3, -0.25) is 0 Å². The third-order valence-electron chi connectivity index (χ3n) is 8.61. The van der Waals surface area contributed by atoms with E-state index in [0.29, 0.717) is 11.1 Å². The van der Waals surface area contributed by atoms with Gasteiger partial charge in [-0.25, -0.2) is 8.78 Å². The third-order valence-corrected chi connectivity index (χ3v) is 8.61. The van der Waals surface area contributed by atoms with Crippen LogP contribution in [0.1, 0.15) is 87.2 Å². The molecule has 0 aliphatic heterocycles. The van der Waals surface area contributed by atoms with Crippen molar-refractivity contribution in [3.05, 3.63) is 105 Å². The molecular formula is C32H32F2O2. The normalized spacial score (nSPS) is 23.5. The predicted molar refractivity (Wildman–Crippen MR) is 138 cm³/mol. The molecule has 6 rings (SSSR count). The van der Waals surface area contributed by atoms with E-state index in [4.69, 9.17) is 0 Å². The molecule has 2 aromatic carbocycles. The Morgan fingerprint density at radius 1 is 0.611 bits per heavy atom. The van der Waals surface area contributed by atoms with E-state index in [0.717, 1.165) is 64.2 Å². The molecule has 2 nitrogen and oxygen atoms in total. The van der Waals surface area contributed by atoms with Crippen LogP contribution < -0.4 is 0 Å². The summed E-state index contributed by atoms with van der Waals surface area (Å²) < 4.78 is 30.2. The molecule has 4 aliphatic carbocycles. The molecule has 2 unspecified atom stereocenters. The Balaban J connectivity index is 1.32. The average Bonchev–Trinajstić information content (AvgIpc) is 3.44. The van der Waals surface area contributed by atoms with E-state index in [2.05, 4.69) is 12.2 Å². The Hall–Kier alpha value is -3.14. The van der Waals surface area contributed by atoms with Crippen LogP contribution in [0.3, 0.4) is 0 Å². The van der Waals surface area contributed by atoms with Crippen LogP contribution >= 0.6 is 0 Å². The fraction of sp³-hybridized carbons (Fsp3) is 0.375. The predicted octanol–water partition coefficient (Wildman–Crippen LogP) is 8.64. The maximum absolute atomic E-state index is 15.1. The van der Waals surface area contributed by atoms with Crippen molar-refractivity contribution in [1.29, 1.82) is 0 Å². The van der Waals surface area contributed by atoms with Gasteiger partial charge in [0, 0.05) is 23.0 Å². The lowest BCUT2D eigenvalue weighted by atomic mass is 9.79. The SMILES string of the molecule is Oc1cccc(C2C(CCC3=CC4=C(CCCC4)C3c3cccc(O)c3F)=CC3=C2CCCC3)c1F. The largest absolute Gasteiger partial charge is 0.505 e. The Labute approximate surface area is 211 Å². The topological polar surface area (TPSA) is 40.5 Å². The number of hydrogen-bond acceptors (Lipinski definition) is 2. The Morgan fingerprint density at radius 2 is 1.03 bits per heavy atom. The van der Waals surface area contributed by atoms with E-state index in [-0.39, 0.29) is 23.3 Å². The molecule has 0 aromatic heterocycles. The molecule has 36 heavy (non-hydrogen) atoms. The van der Waals surface area contributed by atoms with Crippen LogP contribution in [0.2, 0.25) is 0 Å². The van der Waals surface area contributed by atoms with Crippen molar-refractivity contribution in [1.82, 2.24) is 0 Å². The summed E-state index contributed by atoms with van der Waals surface area (Å²) >= 11 is 0. The van der Waals surface area contributed by atoms with Crippen LogP contribution in [0.15, 0.2) is 82.0 Å². The van der Waals surface area contributed by atoms with Gasteiger partial charge < -0.3 is 10.2 Å². The van der Waals surface area contributed by atoms with E-state index in [1.807, 2.05) is 0 Å². The molecule has 0 saturated heterocycles. The zero-order valence-electron chi connectivity index (χ0n) is 20.5. The number of rotatable bonds is 5. The molecular weight excluding hydrogens is 454 g/mol. The second-order valence-electron chi connectivity index (χ2n) is 10.7. The highest BCUT2D eigenvalue weighted by Gasteiger charge is 2.35. The number of hydrogen-bond donors (Lipinski definition) is 2. The molecule has 186 valence electrons. The van der Waals surface area contributed by atoms with Crippen molar-refractivity contribution in [3.8, 4) is 11.5 Å². The van der Waals surface area contributed by atoms with Crippen molar-refractivity contribution in [2.75, 3.05) is 0 Å². The first kappa shape index (κ1) is 23.3. The van der Waals surface area contributed by atoms with Crippen molar-refractivity contribution in [2.45, 2.75) is 76.0 Å². The first-order chi connectivity index (χ1) is 17.5. The summed E-state index contributed by atoms with van der Waals surface area (Å²) in [7, 11) is 0. The smallest absolute Gasteiger partial charge is 0.168 e. The van der Waals surface area contributed by atoms with Gasteiger partial charge in [0.1, 0.15) is 0 Å². The second kappa shape index (κ2) is 9.38. The molecule has 0 bridgehead atoms. The molecule has 0 spiro atoms. The van der Waals surface area contributed by atoms with E-state index in [1.165, 1.54) is 45.6 Å². The quantitative estimate of drug-likeness (QED) is 0.444. The number of halogens is 2. The number of aromatic hydroxyl groups is 2. The zero-order chi connectivity index (χ0) is 24.8. The van der Waals surface area contributed by atoms with Gasteiger partial charge in [-0.15, -0.1) is 0 Å². The van der Waals surface area contributed by atoms with Gasteiger partial charge in [0.05, 0.1) is 0 Å². The van der Waals surface area contributed by atoms with Gasteiger partial charge in [0.2, 0.25) is 0 Å². The lowest BCUT2D eigenvalue weighted by molar-refractivity contribution is 0.426. The first-order valence-electron chi connectivity index (χ1n) is 13.3. The Bertz CT molecular complexity index is 1240. The van der Waals surface area contributed by atoms with Gasteiger partial charge >= 0.3 is 0 Å². The highest BCUT2D eigenvalue weighted by molar-refractivity contribution is 5.56. The lowest BCUT2D eigenvalue weighted by Crippen LogP contribution is -2.10. The highest BCUT2D eigenvalue weighted by Crippen LogP contribution is 2.52. The molecule has 4 aliphatic rings. The van der Waals surface area contributed by atoms with Crippen molar-refractivity contribution in [3.63, 3.8) is 0 Å².